The van der Waals surface area contributed by atoms with Gasteiger partial charge in [0.15, 0.2) is 0 Å². The molecular weight excluding hydrogens is 557 g/mol. The van der Waals surface area contributed by atoms with Gasteiger partial charge in [-0.1, -0.05) is 78.9 Å². The van der Waals surface area contributed by atoms with E-state index in [-0.39, 0.29) is 25.5 Å². The Hall–Kier alpha value is -3.26. The van der Waals surface area contributed by atoms with Gasteiger partial charge < -0.3 is 0 Å². The molecule has 6 rings (SSSR count). The molecule has 4 aromatic carbocycles. The molecule has 31 heavy (non-hydrogen) atoms. The minimum Gasteiger partial charge on any atom is -0.266 e. The maximum absolute atomic E-state index is 4.35. The fourth-order valence-electron chi connectivity index (χ4n) is 4.92. The fraction of sp³-hybridized carbons (Fsp3) is 0.0357. The van der Waals surface area contributed by atoms with E-state index < -0.39 is 0 Å². The number of fused-ring (bicyclic) bond motifs is 3. The van der Waals surface area contributed by atoms with Crippen molar-refractivity contribution in [3.8, 4) is 16.8 Å². The predicted octanol–water partition coefficient (Wildman–Crippen LogP) is 6.03. The second-order valence-electron chi connectivity index (χ2n) is 7.62. The van der Waals surface area contributed by atoms with Gasteiger partial charge in [0.05, 0.1) is 0 Å². The first-order chi connectivity index (χ1) is 14.9. The molecular formula is C28H19IrN2-. The maximum atomic E-state index is 4.35. The minimum absolute atomic E-state index is 0. The molecule has 3 heteroatoms. The first kappa shape index (κ1) is 19.7. The molecule has 0 N–H and O–H groups in total. The number of aromatic nitrogens is 2. The van der Waals surface area contributed by atoms with Crippen LogP contribution in [0.2, 0.25) is 0 Å². The summed E-state index contributed by atoms with van der Waals surface area (Å²) in [6.07, 6.45) is 3.73. The van der Waals surface area contributed by atoms with Gasteiger partial charge in [0.25, 0.3) is 0 Å². The molecule has 0 unspecified atom stereocenters. The molecule has 0 saturated heterocycles. The van der Waals surface area contributed by atoms with E-state index in [1.807, 2.05) is 16.9 Å². The van der Waals surface area contributed by atoms with Crippen LogP contribution in [0.1, 0.15) is 22.3 Å². The Morgan fingerprint density at radius 3 is 1.87 bits per heavy atom. The van der Waals surface area contributed by atoms with Gasteiger partial charge in [-0.05, 0) is 39.6 Å². The Labute approximate surface area is 195 Å². The van der Waals surface area contributed by atoms with E-state index in [1.165, 1.54) is 33.4 Å². The quantitative estimate of drug-likeness (QED) is 0.236. The second kappa shape index (κ2) is 7.77. The van der Waals surface area contributed by atoms with E-state index in [0.717, 1.165) is 5.69 Å². The van der Waals surface area contributed by atoms with E-state index >= 15 is 0 Å². The van der Waals surface area contributed by atoms with Gasteiger partial charge in [-0.15, -0.1) is 11.6 Å². The Balaban J connectivity index is 0.00000204. The number of hydrogen-bond donors (Lipinski definition) is 0. The monoisotopic (exact) mass is 576 g/mol. The molecule has 5 aromatic rings. The van der Waals surface area contributed by atoms with Crippen LogP contribution in [0.3, 0.4) is 0 Å². The zero-order valence-corrected chi connectivity index (χ0v) is 19.1. The van der Waals surface area contributed by atoms with Gasteiger partial charge in [-0.25, -0.2) is 0 Å². The third-order valence-electron chi connectivity index (χ3n) is 6.14. The van der Waals surface area contributed by atoms with Gasteiger partial charge in [-0.2, -0.15) is 23.3 Å². The first-order valence-electron chi connectivity index (χ1n) is 10.2. The van der Waals surface area contributed by atoms with Crippen LogP contribution in [0.15, 0.2) is 116 Å². The molecule has 1 aliphatic carbocycles. The standard InChI is InChI=1S/C28H19N2.Ir/c1-2-9-21(10-3-1)28(22-15-17-23(18-16-22)30-20-8-19-29-30)26-13-6-4-11-24(26)25-12-5-7-14-27(25)28;/h1-17,19-20H;/q-1;. The molecule has 0 amide bonds. The van der Waals surface area contributed by atoms with Gasteiger partial charge in [-0.3, -0.25) is 4.68 Å². The Kier molecular flexibility index (Phi) is 4.94. The van der Waals surface area contributed by atoms with Crippen LogP contribution in [0, 0.1) is 6.07 Å². The zero-order valence-electron chi connectivity index (χ0n) is 16.7. The number of hydrogen-bond acceptors (Lipinski definition) is 1. The predicted molar refractivity (Wildman–Crippen MR) is 120 cm³/mol. The van der Waals surface area contributed by atoms with Crippen LogP contribution >= 0.6 is 0 Å². The number of nitrogens with zero attached hydrogens (tertiary/aromatic N) is 2. The Morgan fingerprint density at radius 1 is 0.645 bits per heavy atom. The fourth-order valence-corrected chi connectivity index (χ4v) is 4.92. The van der Waals surface area contributed by atoms with Gasteiger partial charge in [0.2, 0.25) is 0 Å². The Morgan fingerprint density at radius 2 is 1.29 bits per heavy atom. The normalized spacial score (nSPS) is 13.2. The molecule has 0 spiro atoms. The van der Waals surface area contributed by atoms with Gasteiger partial charge in [0.1, 0.15) is 0 Å². The van der Waals surface area contributed by atoms with Crippen molar-refractivity contribution in [2.75, 3.05) is 0 Å². The largest absolute Gasteiger partial charge is 0.266 e. The average Bonchev–Trinajstić information content (AvgIpc) is 3.46. The van der Waals surface area contributed by atoms with Crippen molar-refractivity contribution in [3.05, 3.63) is 144 Å². The van der Waals surface area contributed by atoms with E-state index in [0.29, 0.717) is 0 Å². The summed E-state index contributed by atoms with van der Waals surface area (Å²) in [5, 5.41) is 4.35. The molecule has 0 saturated carbocycles. The van der Waals surface area contributed by atoms with Crippen molar-refractivity contribution in [1.82, 2.24) is 9.78 Å². The molecule has 2 nitrogen and oxygen atoms in total. The third kappa shape index (κ3) is 2.85. The molecule has 1 radical (unpaired) electrons. The smallest absolute Gasteiger partial charge is 0.0493 e. The number of benzene rings is 4. The topological polar surface area (TPSA) is 17.8 Å². The van der Waals surface area contributed by atoms with Crippen molar-refractivity contribution < 1.29 is 20.1 Å². The summed E-state index contributed by atoms with van der Waals surface area (Å²) in [4.78, 5) is 0. The van der Waals surface area contributed by atoms with E-state index in [4.69, 9.17) is 0 Å². The molecule has 1 heterocycles. The Bertz CT molecular complexity index is 1280. The number of rotatable bonds is 3. The average molecular weight is 576 g/mol. The van der Waals surface area contributed by atoms with Crippen LogP contribution < -0.4 is 0 Å². The van der Waals surface area contributed by atoms with Crippen LogP contribution in [0.4, 0.5) is 0 Å². The van der Waals surface area contributed by atoms with Crippen LogP contribution in [-0.4, -0.2) is 9.78 Å². The first-order valence-corrected chi connectivity index (χ1v) is 10.2. The van der Waals surface area contributed by atoms with Crippen LogP contribution in [-0.2, 0) is 25.5 Å². The second-order valence-corrected chi connectivity index (χ2v) is 7.62. The molecule has 0 atom stereocenters. The summed E-state index contributed by atoms with van der Waals surface area (Å²) in [7, 11) is 0. The molecule has 0 fully saturated rings. The van der Waals surface area contributed by atoms with Crippen molar-refractivity contribution in [3.63, 3.8) is 0 Å². The summed E-state index contributed by atoms with van der Waals surface area (Å²) in [6.45, 7) is 0. The van der Waals surface area contributed by atoms with Gasteiger partial charge >= 0.3 is 0 Å². The summed E-state index contributed by atoms with van der Waals surface area (Å²) < 4.78 is 1.84. The molecule has 0 bridgehead atoms. The van der Waals surface area contributed by atoms with E-state index in [1.54, 1.807) is 6.20 Å². The van der Waals surface area contributed by atoms with Crippen molar-refractivity contribution in [2.45, 2.75) is 5.41 Å². The molecule has 151 valence electrons. The van der Waals surface area contributed by atoms with Crippen molar-refractivity contribution in [2.24, 2.45) is 0 Å². The molecule has 1 aromatic heterocycles. The van der Waals surface area contributed by atoms with Crippen molar-refractivity contribution >= 4 is 0 Å². The molecule has 1 aliphatic rings. The summed E-state index contributed by atoms with van der Waals surface area (Å²) in [5.41, 5.74) is 8.28. The van der Waals surface area contributed by atoms with E-state index in [9.17, 15) is 0 Å². The maximum Gasteiger partial charge on any atom is 0.0493 e. The SMILES string of the molecule is [Ir].[c-]1cc(C2(c3ccccc3)c3ccccc3-c3ccccc32)ccc1-n1cccn1. The summed E-state index contributed by atoms with van der Waals surface area (Å²) in [6, 6.07) is 40.2. The molecule has 0 aliphatic heterocycles. The van der Waals surface area contributed by atoms with Crippen LogP contribution in [0.5, 0.6) is 0 Å². The zero-order chi connectivity index (χ0) is 20.0. The third-order valence-corrected chi connectivity index (χ3v) is 6.14. The minimum atomic E-state index is -0.367. The summed E-state index contributed by atoms with van der Waals surface area (Å²) in [5.74, 6) is 0. The van der Waals surface area contributed by atoms with Crippen LogP contribution in [0.25, 0.3) is 16.8 Å². The van der Waals surface area contributed by atoms with Crippen molar-refractivity contribution in [1.29, 1.82) is 0 Å². The van der Waals surface area contributed by atoms with Gasteiger partial charge in [0, 0.05) is 37.9 Å². The van der Waals surface area contributed by atoms with E-state index in [2.05, 4.69) is 108 Å². The summed E-state index contributed by atoms with van der Waals surface area (Å²) >= 11 is 0.